The van der Waals surface area contributed by atoms with Gasteiger partial charge >= 0.3 is 0 Å². The molecule has 0 spiro atoms. The number of rotatable bonds is 5. The molecule has 1 heterocycles. The molecule has 3 rings (SSSR count). The van der Waals surface area contributed by atoms with Crippen molar-refractivity contribution in [2.24, 2.45) is 0 Å². The Morgan fingerprint density at radius 1 is 1.39 bits per heavy atom. The Morgan fingerprint density at radius 3 is 3.00 bits per heavy atom. The first-order chi connectivity index (χ1) is 11.2. The number of halogens is 1. The minimum atomic E-state index is -0.531. The zero-order chi connectivity index (χ0) is 16.2. The molecule has 0 radical (unpaired) electrons. The van der Waals surface area contributed by atoms with Crippen molar-refractivity contribution >= 4 is 0 Å². The molecule has 0 aliphatic heterocycles. The van der Waals surface area contributed by atoms with Crippen LogP contribution in [-0.4, -0.2) is 22.7 Å². The normalized spacial score (nSPS) is 20.3. The van der Waals surface area contributed by atoms with Crippen LogP contribution in [0.5, 0.6) is 5.75 Å². The minimum absolute atomic E-state index is 0.199. The summed E-state index contributed by atoms with van der Waals surface area (Å²) < 4.78 is 13.9. The number of phenolic OH excluding ortho intramolecular Hbond substituents is 1. The molecule has 0 amide bonds. The molecule has 1 aliphatic carbocycles. The quantitative estimate of drug-likeness (QED) is 0.887. The highest BCUT2D eigenvalue weighted by atomic mass is 19.1. The van der Waals surface area contributed by atoms with Crippen molar-refractivity contribution in [2.45, 2.75) is 44.6 Å². The first-order valence-corrected chi connectivity index (χ1v) is 8.32. The highest BCUT2D eigenvalue weighted by Crippen LogP contribution is 2.37. The van der Waals surface area contributed by atoms with E-state index in [-0.39, 0.29) is 11.7 Å². The number of aryl methyl sites for hydroxylation is 1. The summed E-state index contributed by atoms with van der Waals surface area (Å²) in [5.41, 5.74) is 3.23. The molecule has 3 nitrogen and oxygen atoms in total. The number of nitrogens with one attached hydrogen (secondary N) is 1. The van der Waals surface area contributed by atoms with Gasteiger partial charge in [0.1, 0.15) is 0 Å². The Bertz CT molecular complexity index is 660. The summed E-state index contributed by atoms with van der Waals surface area (Å²) in [4.78, 5) is 4.19. The zero-order valence-corrected chi connectivity index (χ0v) is 13.4. The zero-order valence-electron chi connectivity index (χ0n) is 13.4. The van der Waals surface area contributed by atoms with Crippen LogP contribution in [0.3, 0.4) is 0 Å². The van der Waals surface area contributed by atoms with Crippen LogP contribution in [0.4, 0.5) is 4.39 Å². The highest BCUT2D eigenvalue weighted by molar-refractivity contribution is 5.41. The fourth-order valence-electron chi connectivity index (χ4n) is 3.51. The molecule has 0 bridgehead atoms. The van der Waals surface area contributed by atoms with Crippen molar-refractivity contribution in [2.75, 3.05) is 6.54 Å². The maximum absolute atomic E-state index is 13.9. The van der Waals surface area contributed by atoms with Crippen LogP contribution in [0, 0.1) is 5.82 Å². The van der Waals surface area contributed by atoms with Crippen LogP contribution in [0.15, 0.2) is 36.7 Å². The molecule has 0 fully saturated rings. The second-order valence-electron chi connectivity index (χ2n) is 6.27. The summed E-state index contributed by atoms with van der Waals surface area (Å²) in [7, 11) is 0. The van der Waals surface area contributed by atoms with Crippen molar-refractivity contribution in [1.29, 1.82) is 0 Å². The summed E-state index contributed by atoms with van der Waals surface area (Å²) in [5, 5.41) is 13.3. The van der Waals surface area contributed by atoms with Gasteiger partial charge in [-0.2, -0.15) is 0 Å². The van der Waals surface area contributed by atoms with Crippen LogP contribution in [0.25, 0.3) is 0 Å². The summed E-state index contributed by atoms with van der Waals surface area (Å²) in [5.74, 6) is -0.579. The van der Waals surface area contributed by atoms with Crippen molar-refractivity contribution < 1.29 is 9.50 Å². The van der Waals surface area contributed by atoms with Gasteiger partial charge in [0.15, 0.2) is 11.6 Å². The highest BCUT2D eigenvalue weighted by Gasteiger charge is 2.30. The third kappa shape index (κ3) is 3.53. The van der Waals surface area contributed by atoms with Gasteiger partial charge in [0.05, 0.1) is 0 Å². The lowest BCUT2D eigenvalue weighted by Gasteiger charge is -2.34. The molecule has 1 aromatic carbocycles. The molecule has 2 aromatic rings. The van der Waals surface area contributed by atoms with E-state index < -0.39 is 5.82 Å². The van der Waals surface area contributed by atoms with E-state index in [2.05, 4.69) is 23.3 Å². The number of pyridine rings is 1. The minimum Gasteiger partial charge on any atom is -0.505 e. The molecule has 4 heteroatoms. The van der Waals surface area contributed by atoms with Gasteiger partial charge in [-0.1, -0.05) is 13.0 Å². The molecule has 0 saturated heterocycles. The van der Waals surface area contributed by atoms with Gasteiger partial charge in [0, 0.05) is 24.4 Å². The van der Waals surface area contributed by atoms with Crippen LogP contribution >= 0.6 is 0 Å². The average Bonchev–Trinajstić information content (AvgIpc) is 2.57. The monoisotopic (exact) mass is 314 g/mol. The molecule has 23 heavy (non-hydrogen) atoms. The van der Waals surface area contributed by atoms with Crippen molar-refractivity contribution in [3.63, 3.8) is 0 Å². The van der Waals surface area contributed by atoms with E-state index in [1.54, 1.807) is 12.3 Å². The van der Waals surface area contributed by atoms with Gasteiger partial charge in [-0.25, -0.2) is 4.39 Å². The number of aromatic nitrogens is 1. The lowest BCUT2D eigenvalue weighted by Crippen LogP contribution is -2.39. The Morgan fingerprint density at radius 2 is 2.26 bits per heavy atom. The lowest BCUT2D eigenvalue weighted by molar-refractivity contribution is 0.378. The smallest absolute Gasteiger partial charge is 0.165 e. The van der Waals surface area contributed by atoms with E-state index in [4.69, 9.17) is 0 Å². The summed E-state index contributed by atoms with van der Waals surface area (Å²) in [6.07, 6.45) is 7.42. The topological polar surface area (TPSA) is 45.1 Å². The first-order valence-electron chi connectivity index (χ1n) is 8.32. The largest absolute Gasteiger partial charge is 0.505 e. The number of hydrogen-bond donors (Lipinski definition) is 2. The van der Waals surface area contributed by atoms with Crippen LogP contribution in [-0.2, 0) is 12.8 Å². The molecule has 122 valence electrons. The van der Waals surface area contributed by atoms with Gasteiger partial charge in [-0.3, -0.25) is 4.98 Å². The third-order valence-electron chi connectivity index (χ3n) is 4.65. The molecule has 2 atom stereocenters. The molecular formula is C19H23FN2O. The number of aromatic hydroxyl groups is 1. The van der Waals surface area contributed by atoms with Crippen molar-refractivity contribution in [3.8, 4) is 5.75 Å². The molecule has 2 N–H and O–H groups in total. The van der Waals surface area contributed by atoms with E-state index in [9.17, 15) is 9.50 Å². The summed E-state index contributed by atoms with van der Waals surface area (Å²) in [6, 6.07) is 7.44. The van der Waals surface area contributed by atoms with E-state index in [1.165, 1.54) is 6.07 Å². The Hall–Kier alpha value is -1.94. The number of hydrogen-bond acceptors (Lipinski definition) is 3. The number of benzene rings is 1. The Balaban J connectivity index is 1.94. The number of phenols is 1. The van der Waals surface area contributed by atoms with E-state index in [1.807, 2.05) is 12.3 Å². The molecular weight excluding hydrogens is 291 g/mol. The lowest BCUT2D eigenvalue weighted by atomic mass is 9.76. The van der Waals surface area contributed by atoms with Crippen LogP contribution in [0.1, 0.15) is 42.4 Å². The second-order valence-corrected chi connectivity index (χ2v) is 6.27. The van der Waals surface area contributed by atoms with Gasteiger partial charge in [0.25, 0.3) is 0 Å². The Labute approximate surface area is 136 Å². The van der Waals surface area contributed by atoms with Gasteiger partial charge in [0.2, 0.25) is 0 Å². The van der Waals surface area contributed by atoms with Crippen LogP contribution < -0.4 is 5.32 Å². The maximum atomic E-state index is 13.9. The first kappa shape index (κ1) is 15.9. The van der Waals surface area contributed by atoms with E-state index >= 15 is 0 Å². The van der Waals surface area contributed by atoms with Crippen molar-refractivity contribution in [1.82, 2.24) is 10.3 Å². The predicted molar refractivity (Wildman–Crippen MR) is 89.1 cm³/mol. The molecule has 2 unspecified atom stereocenters. The van der Waals surface area contributed by atoms with Gasteiger partial charge < -0.3 is 10.4 Å². The SMILES string of the molecule is CCCNC1CCc2cc(O)c(F)cc2C1Cc1cccnc1. The van der Waals surface area contributed by atoms with Gasteiger partial charge in [-0.15, -0.1) is 0 Å². The summed E-state index contributed by atoms with van der Waals surface area (Å²) >= 11 is 0. The van der Waals surface area contributed by atoms with Crippen molar-refractivity contribution in [3.05, 3.63) is 59.2 Å². The number of fused-ring (bicyclic) bond motifs is 1. The predicted octanol–water partition coefficient (Wildman–Crippen LogP) is 3.57. The fraction of sp³-hybridized carbons (Fsp3) is 0.421. The Kier molecular flexibility index (Phi) is 4.91. The van der Waals surface area contributed by atoms with Gasteiger partial charge in [-0.05, 0) is 67.1 Å². The summed E-state index contributed by atoms with van der Waals surface area (Å²) in [6.45, 7) is 3.11. The molecule has 1 aliphatic rings. The molecule has 1 aromatic heterocycles. The van der Waals surface area contributed by atoms with Crippen LogP contribution in [0.2, 0.25) is 0 Å². The molecule has 0 saturated carbocycles. The van der Waals surface area contributed by atoms with E-state index in [0.717, 1.165) is 48.9 Å². The fourth-order valence-corrected chi connectivity index (χ4v) is 3.51. The standard InChI is InChI=1S/C19H23FN2O/c1-2-7-22-18-6-5-14-10-19(23)17(20)11-15(14)16(18)9-13-4-3-8-21-12-13/h3-4,8,10-12,16,18,22-23H,2,5-7,9H2,1H3. The average molecular weight is 314 g/mol. The second kappa shape index (κ2) is 7.09. The van der Waals surface area contributed by atoms with E-state index in [0.29, 0.717) is 6.04 Å². The third-order valence-corrected chi connectivity index (χ3v) is 4.65. The number of nitrogens with zero attached hydrogens (tertiary/aromatic N) is 1. The maximum Gasteiger partial charge on any atom is 0.165 e.